The van der Waals surface area contributed by atoms with Crippen LogP contribution < -0.4 is 5.32 Å². The minimum atomic E-state index is -3.24. The fraction of sp³-hybridized carbons (Fsp3) is 0.200. The monoisotopic (exact) mass is 614 g/mol. The van der Waals surface area contributed by atoms with Gasteiger partial charge in [-0.1, -0.05) is 0 Å². The van der Waals surface area contributed by atoms with Crippen LogP contribution in [0.15, 0.2) is 55.1 Å². The van der Waals surface area contributed by atoms with E-state index >= 15 is 4.39 Å². The molecule has 5 heterocycles. The van der Waals surface area contributed by atoms with Gasteiger partial charge in [-0.05, 0) is 55.2 Å². The van der Waals surface area contributed by atoms with Crippen molar-refractivity contribution in [2.45, 2.75) is 19.3 Å². The van der Waals surface area contributed by atoms with E-state index in [1.54, 1.807) is 18.2 Å². The number of fused-ring (bicyclic) bond motifs is 2. The standard InChI is InChI=1S/C30H24F2N8O3S/c1-44(42,43)7-5-15-8-17(10-19(31)9-15)26-27-21(4-6-34-26)37-29(38-27)28-23-22(39-40-28)14-35-25(24(23)32)18-11-20(13-33-12-18)36-30(41)16-2-3-16/h4,6,8-14,16H,2-3,5,7H2,1H3,(H,36,41)(H,37,38)(H,39,40). The Labute approximate surface area is 249 Å². The number of imidazole rings is 1. The van der Waals surface area contributed by atoms with Crippen molar-refractivity contribution in [1.82, 2.24) is 35.1 Å². The number of hydrogen-bond donors (Lipinski definition) is 3. The number of amides is 1. The lowest BCUT2D eigenvalue weighted by Crippen LogP contribution is -2.13. The quantitative estimate of drug-likeness (QED) is 0.220. The summed E-state index contributed by atoms with van der Waals surface area (Å²) >= 11 is 0. The molecule has 11 nitrogen and oxygen atoms in total. The number of hydrogen-bond acceptors (Lipinski definition) is 8. The van der Waals surface area contributed by atoms with E-state index in [4.69, 9.17) is 0 Å². The molecule has 1 aliphatic carbocycles. The van der Waals surface area contributed by atoms with Crippen LogP contribution in [0.1, 0.15) is 18.4 Å². The van der Waals surface area contributed by atoms with Crippen LogP contribution in [-0.2, 0) is 21.1 Å². The molecule has 1 aliphatic rings. The van der Waals surface area contributed by atoms with Crippen LogP contribution in [0.3, 0.4) is 0 Å². The first-order valence-corrected chi connectivity index (χ1v) is 15.8. The number of aryl methyl sites for hydroxylation is 1. The Balaban J connectivity index is 1.27. The van der Waals surface area contributed by atoms with E-state index in [9.17, 15) is 17.6 Å². The van der Waals surface area contributed by atoms with Crippen molar-refractivity contribution in [3.8, 4) is 34.0 Å². The second kappa shape index (κ2) is 10.6. The maximum atomic E-state index is 16.1. The molecule has 14 heteroatoms. The lowest BCUT2D eigenvalue weighted by atomic mass is 10.0. The van der Waals surface area contributed by atoms with Gasteiger partial charge >= 0.3 is 0 Å². The molecule has 0 aliphatic heterocycles. The van der Waals surface area contributed by atoms with Gasteiger partial charge in [0.05, 0.1) is 45.9 Å². The summed E-state index contributed by atoms with van der Waals surface area (Å²) in [6.45, 7) is 0. The van der Waals surface area contributed by atoms with Crippen molar-refractivity contribution in [1.29, 1.82) is 0 Å². The zero-order valence-electron chi connectivity index (χ0n) is 23.2. The molecule has 1 saturated carbocycles. The fourth-order valence-electron chi connectivity index (χ4n) is 5.07. The zero-order chi connectivity index (χ0) is 30.6. The number of nitrogens with one attached hydrogen (secondary N) is 3. The average molecular weight is 615 g/mol. The summed E-state index contributed by atoms with van der Waals surface area (Å²) in [5, 5.41) is 10.1. The second-order valence-corrected chi connectivity index (χ2v) is 13.1. The van der Waals surface area contributed by atoms with Gasteiger partial charge < -0.3 is 10.3 Å². The van der Waals surface area contributed by atoms with Crippen LogP contribution in [0.2, 0.25) is 0 Å². The lowest BCUT2D eigenvalue weighted by Gasteiger charge is -2.07. The molecule has 6 aromatic rings. The molecule has 5 aromatic heterocycles. The number of carbonyl (C=O) groups is 1. The molecule has 1 amide bonds. The van der Waals surface area contributed by atoms with Crippen molar-refractivity contribution in [3.05, 3.63) is 72.3 Å². The molecule has 1 aromatic carbocycles. The summed E-state index contributed by atoms with van der Waals surface area (Å²) in [6, 6.07) is 7.58. The number of carbonyl (C=O) groups excluding carboxylic acids is 1. The maximum Gasteiger partial charge on any atom is 0.227 e. The molecule has 0 radical (unpaired) electrons. The lowest BCUT2D eigenvalue weighted by molar-refractivity contribution is -0.117. The molecule has 0 spiro atoms. The van der Waals surface area contributed by atoms with Gasteiger partial charge in [-0.15, -0.1) is 0 Å². The van der Waals surface area contributed by atoms with Crippen molar-refractivity contribution in [2.75, 3.05) is 17.3 Å². The fourth-order valence-corrected chi connectivity index (χ4v) is 5.68. The van der Waals surface area contributed by atoms with Crippen LogP contribution in [0.4, 0.5) is 14.5 Å². The Morgan fingerprint density at radius 3 is 2.64 bits per heavy atom. The van der Waals surface area contributed by atoms with Crippen LogP contribution in [0.5, 0.6) is 0 Å². The summed E-state index contributed by atoms with van der Waals surface area (Å²) in [6.07, 6.45) is 8.93. The third-order valence-electron chi connectivity index (χ3n) is 7.39. The van der Waals surface area contributed by atoms with Crippen LogP contribution >= 0.6 is 0 Å². The second-order valence-electron chi connectivity index (χ2n) is 10.9. The average Bonchev–Trinajstić information content (AvgIpc) is 3.60. The van der Waals surface area contributed by atoms with Gasteiger partial charge in [0.15, 0.2) is 11.6 Å². The van der Waals surface area contributed by atoms with E-state index in [1.807, 2.05) is 0 Å². The van der Waals surface area contributed by atoms with Gasteiger partial charge in [-0.3, -0.25) is 24.8 Å². The van der Waals surface area contributed by atoms with E-state index in [1.165, 1.54) is 36.9 Å². The van der Waals surface area contributed by atoms with Crippen LogP contribution in [0.25, 0.3) is 56.0 Å². The molecule has 0 unspecified atom stereocenters. The number of nitrogens with zero attached hydrogens (tertiary/aromatic N) is 5. The smallest absolute Gasteiger partial charge is 0.227 e. The summed E-state index contributed by atoms with van der Waals surface area (Å²) < 4.78 is 54.0. The number of aromatic amines is 2. The highest BCUT2D eigenvalue weighted by Crippen LogP contribution is 2.35. The number of benzene rings is 1. The van der Waals surface area contributed by atoms with E-state index in [-0.39, 0.29) is 46.6 Å². The minimum Gasteiger partial charge on any atom is -0.336 e. The molecule has 0 saturated heterocycles. The first-order chi connectivity index (χ1) is 21.1. The van der Waals surface area contributed by atoms with Gasteiger partial charge in [-0.25, -0.2) is 22.2 Å². The zero-order valence-corrected chi connectivity index (χ0v) is 24.0. The first kappa shape index (κ1) is 27.7. The highest BCUT2D eigenvalue weighted by atomic mass is 32.2. The SMILES string of the molecule is CS(=O)(=O)CCc1cc(F)cc(-c2nccc3[nH]c(-c4n[nH]c5cnc(-c6cncc(NC(=O)C7CC7)c6)c(F)c45)nc23)c1. The number of H-pyrrole nitrogens is 2. The predicted octanol–water partition coefficient (Wildman–Crippen LogP) is 4.84. The van der Waals surface area contributed by atoms with Gasteiger partial charge in [-0.2, -0.15) is 5.10 Å². The van der Waals surface area contributed by atoms with E-state index in [2.05, 4.69) is 40.4 Å². The molecule has 222 valence electrons. The largest absolute Gasteiger partial charge is 0.336 e. The van der Waals surface area contributed by atoms with E-state index < -0.39 is 21.5 Å². The highest BCUT2D eigenvalue weighted by Gasteiger charge is 2.30. The van der Waals surface area contributed by atoms with Gasteiger partial charge in [0.2, 0.25) is 5.91 Å². The van der Waals surface area contributed by atoms with Crippen molar-refractivity contribution >= 4 is 43.4 Å². The molecule has 0 bridgehead atoms. The normalized spacial score (nSPS) is 13.5. The highest BCUT2D eigenvalue weighted by molar-refractivity contribution is 7.90. The number of halogens is 2. The van der Waals surface area contributed by atoms with E-state index in [0.29, 0.717) is 44.6 Å². The summed E-state index contributed by atoms with van der Waals surface area (Å²) in [5.74, 6) is -1.16. The molecule has 0 atom stereocenters. The number of rotatable bonds is 8. The summed E-state index contributed by atoms with van der Waals surface area (Å²) in [7, 11) is -3.24. The first-order valence-electron chi connectivity index (χ1n) is 13.7. The Hall–Kier alpha value is -5.11. The topological polar surface area (TPSA) is 159 Å². The van der Waals surface area contributed by atoms with Crippen molar-refractivity contribution < 1.29 is 22.0 Å². The van der Waals surface area contributed by atoms with Crippen LogP contribution in [0, 0.1) is 17.6 Å². The van der Waals surface area contributed by atoms with Gasteiger partial charge in [0.1, 0.15) is 32.6 Å². The van der Waals surface area contributed by atoms with Crippen molar-refractivity contribution in [3.63, 3.8) is 0 Å². The van der Waals surface area contributed by atoms with E-state index in [0.717, 1.165) is 19.1 Å². The van der Waals surface area contributed by atoms with Crippen LogP contribution in [-0.4, -0.2) is 61.5 Å². The molecule has 3 N–H and O–H groups in total. The Morgan fingerprint density at radius 1 is 1.00 bits per heavy atom. The third-order valence-corrected chi connectivity index (χ3v) is 8.34. The molecule has 7 rings (SSSR count). The van der Waals surface area contributed by atoms with Gasteiger partial charge in [0.25, 0.3) is 0 Å². The Bertz CT molecular complexity index is 2210. The molecular weight excluding hydrogens is 590 g/mol. The predicted molar refractivity (Wildman–Crippen MR) is 160 cm³/mol. The molecule has 1 fully saturated rings. The molecule has 44 heavy (non-hydrogen) atoms. The number of pyridine rings is 3. The number of anilines is 1. The number of aromatic nitrogens is 7. The van der Waals surface area contributed by atoms with Gasteiger partial charge in [0, 0.05) is 35.7 Å². The maximum absolute atomic E-state index is 16.1. The third kappa shape index (κ3) is 5.39. The number of sulfone groups is 1. The summed E-state index contributed by atoms with van der Waals surface area (Å²) in [5.41, 5.74) is 3.63. The molecular formula is C30H24F2N8O3S. The van der Waals surface area contributed by atoms with Crippen molar-refractivity contribution in [2.24, 2.45) is 5.92 Å². The Morgan fingerprint density at radius 2 is 1.84 bits per heavy atom. The Kier molecular flexibility index (Phi) is 6.65. The summed E-state index contributed by atoms with van der Waals surface area (Å²) in [4.78, 5) is 32.9. The minimum absolute atomic E-state index is 0.000671.